The molecule has 12 heteroatoms. The minimum absolute atomic E-state index is 0.0495. The van der Waals surface area contributed by atoms with Gasteiger partial charge >= 0.3 is 5.97 Å². The van der Waals surface area contributed by atoms with Crippen LogP contribution in [0.3, 0.4) is 0 Å². The summed E-state index contributed by atoms with van der Waals surface area (Å²) in [4.78, 5) is 42.0. The fourth-order valence-corrected chi connectivity index (χ4v) is 4.36. The lowest BCUT2D eigenvalue weighted by atomic mass is 10.0. The lowest BCUT2D eigenvalue weighted by molar-refractivity contribution is 0.0600. The van der Waals surface area contributed by atoms with Crippen LogP contribution in [0.25, 0.3) is 5.65 Å². The molecule has 0 unspecified atom stereocenters. The zero-order valence-electron chi connectivity index (χ0n) is 19.9. The third kappa shape index (κ3) is 4.68. The van der Waals surface area contributed by atoms with E-state index < -0.39 is 41.6 Å². The molecule has 0 fully saturated rings. The van der Waals surface area contributed by atoms with Crippen LogP contribution in [-0.4, -0.2) is 50.7 Å². The van der Waals surface area contributed by atoms with E-state index in [9.17, 15) is 28.3 Å². The maximum absolute atomic E-state index is 14.4. The molecule has 0 saturated heterocycles. The Labute approximate surface area is 214 Å². The fraction of sp³-hybridized carbons (Fsp3) is 0.192. The van der Waals surface area contributed by atoms with Crippen molar-refractivity contribution in [3.05, 3.63) is 100 Å². The zero-order chi connectivity index (χ0) is 27.0. The lowest BCUT2D eigenvalue weighted by Crippen LogP contribution is -2.35. The zero-order valence-corrected chi connectivity index (χ0v) is 19.9. The Hall–Kier alpha value is -4.71. The Balaban J connectivity index is 1.41. The largest absolute Gasteiger partial charge is 0.465 e. The van der Waals surface area contributed by atoms with Gasteiger partial charge in [0, 0.05) is 19.0 Å². The molecule has 2 aromatic carbocycles. The van der Waals surface area contributed by atoms with Crippen molar-refractivity contribution >= 4 is 23.4 Å². The molecule has 0 saturated carbocycles. The number of fused-ring (bicyclic) bond motifs is 2. The van der Waals surface area contributed by atoms with E-state index in [1.165, 1.54) is 37.4 Å². The second kappa shape index (κ2) is 9.98. The maximum atomic E-state index is 14.4. The summed E-state index contributed by atoms with van der Waals surface area (Å²) in [5.74, 6) is -3.21. The highest BCUT2D eigenvalue weighted by atomic mass is 19.1. The molecule has 1 aliphatic rings. The number of hydrogen-bond acceptors (Lipinski definition) is 7. The van der Waals surface area contributed by atoms with Crippen LogP contribution < -0.4 is 10.6 Å². The predicted octanol–water partition coefficient (Wildman–Crippen LogP) is 2.11. The summed E-state index contributed by atoms with van der Waals surface area (Å²) in [5, 5.41) is 19.8. The number of hydrogen-bond donors (Lipinski definition) is 3. The van der Waals surface area contributed by atoms with Gasteiger partial charge in [0.25, 0.3) is 11.8 Å². The van der Waals surface area contributed by atoms with E-state index in [-0.39, 0.29) is 30.0 Å². The molecule has 0 radical (unpaired) electrons. The SMILES string of the molecule is COC(=O)c1ccc2c(c1)C[C@H](O)[C@@H]2NC(=O)c1cc(C(=O)NCc2ccc(F)cc2)nc2c(F)cnn12. The monoisotopic (exact) mass is 521 g/mol. The number of ether oxygens (including phenoxy) is 1. The number of benzene rings is 2. The van der Waals surface area contributed by atoms with E-state index >= 15 is 0 Å². The number of amides is 2. The van der Waals surface area contributed by atoms with Crippen molar-refractivity contribution in [3.63, 3.8) is 0 Å². The quantitative estimate of drug-likeness (QED) is 0.331. The number of carbonyl (C=O) groups is 3. The highest BCUT2D eigenvalue weighted by Crippen LogP contribution is 2.32. The summed E-state index contributed by atoms with van der Waals surface area (Å²) in [6.07, 6.45) is 0.0597. The van der Waals surface area contributed by atoms with E-state index in [0.717, 1.165) is 16.8 Å². The van der Waals surface area contributed by atoms with E-state index in [1.54, 1.807) is 12.1 Å². The van der Waals surface area contributed by atoms with E-state index in [1.807, 2.05) is 0 Å². The van der Waals surface area contributed by atoms with Gasteiger partial charge in [-0.25, -0.2) is 23.1 Å². The van der Waals surface area contributed by atoms with Gasteiger partial charge in [-0.1, -0.05) is 18.2 Å². The minimum atomic E-state index is -0.994. The molecule has 2 heterocycles. The molecule has 0 bridgehead atoms. The number of halogens is 2. The Morgan fingerprint density at radius 3 is 2.61 bits per heavy atom. The number of aliphatic hydroxyl groups is 1. The molecule has 2 aromatic heterocycles. The normalized spacial score (nSPS) is 16.2. The maximum Gasteiger partial charge on any atom is 0.337 e. The molecule has 0 aliphatic heterocycles. The number of aromatic nitrogens is 3. The highest BCUT2D eigenvalue weighted by molar-refractivity contribution is 5.98. The average Bonchev–Trinajstić information content (AvgIpc) is 3.45. The van der Waals surface area contributed by atoms with Gasteiger partial charge in [-0.15, -0.1) is 0 Å². The number of carbonyl (C=O) groups excluding carboxylic acids is 3. The van der Waals surface area contributed by atoms with Gasteiger partial charge in [-0.3, -0.25) is 9.59 Å². The first-order chi connectivity index (χ1) is 18.2. The first-order valence-corrected chi connectivity index (χ1v) is 11.5. The molecule has 2 amide bonds. The second-order valence-electron chi connectivity index (χ2n) is 8.69. The number of aliphatic hydroxyl groups excluding tert-OH is 1. The standard InChI is InChI=1S/C26H21F2N5O5/c1-38-26(37)14-4-7-17-15(8-14)9-21(34)22(17)32-25(36)20-10-19(31-23-18(28)12-30-33(20)23)24(35)29-11-13-2-5-16(27)6-3-13/h2-8,10,12,21-22,34H,9,11H2,1H3,(H,29,35)(H,32,36)/t21-,22+/m0/s1. The molecule has 10 nitrogen and oxygen atoms in total. The fourth-order valence-electron chi connectivity index (χ4n) is 4.36. The van der Waals surface area contributed by atoms with E-state index in [4.69, 9.17) is 4.74 Å². The van der Waals surface area contributed by atoms with Crippen molar-refractivity contribution in [1.82, 2.24) is 25.2 Å². The Bertz CT molecular complexity index is 1570. The van der Waals surface area contributed by atoms with Crippen LogP contribution in [-0.2, 0) is 17.7 Å². The van der Waals surface area contributed by atoms with Gasteiger partial charge in [0.2, 0.25) is 0 Å². The van der Waals surface area contributed by atoms with Gasteiger partial charge in [-0.05, 0) is 41.0 Å². The van der Waals surface area contributed by atoms with E-state index in [0.29, 0.717) is 22.3 Å². The molecular formula is C26H21F2N5O5. The van der Waals surface area contributed by atoms with Crippen LogP contribution in [0.1, 0.15) is 54.1 Å². The van der Waals surface area contributed by atoms with Gasteiger partial charge in [0.1, 0.15) is 17.2 Å². The number of nitrogens with one attached hydrogen (secondary N) is 2. The molecular weight excluding hydrogens is 500 g/mol. The molecule has 5 rings (SSSR count). The first kappa shape index (κ1) is 25.0. The summed E-state index contributed by atoms with van der Waals surface area (Å²) >= 11 is 0. The molecule has 4 aromatic rings. The van der Waals surface area contributed by atoms with Crippen LogP contribution in [0.15, 0.2) is 54.7 Å². The number of nitrogens with zero attached hydrogens (tertiary/aromatic N) is 3. The minimum Gasteiger partial charge on any atom is -0.465 e. The third-order valence-electron chi connectivity index (χ3n) is 6.26. The summed E-state index contributed by atoms with van der Waals surface area (Å²) in [5.41, 5.74) is 1.45. The third-order valence-corrected chi connectivity index (χ3v) is 6.26. The predicted molar refractivity (Wildman–Crippen MR) is 128 cm³/mol. The Morgan fingerprint density at radius 1 is 1.11 bits per heavy atom. The van der Waals surface area contributed by atoms with Crippen molar-refractivity contribution in [1.29, 1.82) is 0 Å². The smallest absolute Gasteiger partial charge is 0.337 e. The molecule has 1 aliphatic carbocycles. The van der Waals surface area contributed by atoms with Crippen LogP contribution in [0.4, 0.5) is 8.78 Å². The second-order valence-corrected chi connectivity index (χ2v) is 8.69. The lowest BCUT2D eigenvalue weighted by Gasteiger charge is -2.18. The average molecular weight is 521 g/mol. The number of rotatable bonds is 6. The van der Waals surface area contributed by atoms with Crippen LogP contribution in [0.5, 0.6) is 0 Å². The van der Waals surface area contributed by atoms with Crippen LogP contribution in [0.2, 0.25) is 0 Å². The van der Waals surface area contributed by atoms with Crippen molar-refractivity contribution in [3.8, 4) is 0 Å². The van der Waals surface area contributed by atoms with Crippen molar-refractivity contribution in [2.24, 2.45) is 0 Å². The molecule has 0 spiro atoms. The topological polar surface area (TPSA) is 135 Å². The summed E-state index contributed by atoms with van der Waals surface area (Å²) in [6, 6.07) is 10.6. The molecule has 38 heavy (non-hydrogen) atoms. The van der Waals surface area contributed by atoms with Gasteiger partial charge < -0.3 is 20.5 Å². The number of methoxy groups -OCH3 is 1. The molecule has 3 N–H and O–H groups in total. The summed E-state index contributed by atoms with van der Waals surface area (Å²) in [6.45, 7) is 0.0495. The van der Waals surface area contributed by atoms with Crippen molar-refractivity contribution in [2.45, 2.75) is 25.1 Å². The van der Waals surface area contributed by atoms with Crippen LogP contribution >= 0.6 is 0 Å². The van der Waals surface area contributed by atoms with Gasteiger partial charge in [0.15, 0.2) is 11.5 Å². The Morgan fingerprint density at radius 2 is 1.87 bits per heavy atom. The molecule has 2 atom stereocenters. The summed E-state index contributed by atoms with van der Waals surface area (Å²) < 4.78 is 33.2. The van der Waals surface area contributed by atoms with Crippen molar-refractivity contribution < 1.29 is 33.0 Å². The summed E-state index contributed by atoms with van der Waals surface area (Å²) in [7, 11) is 1.26. The van der Waals surface area contributed by atoms with Crippen molar-refractivity contribution in [2.75, 3.05) is 7.11 Å². The van der Waals surface area contributed by atoms with Gasteiger partial charge in [-0.2, -0.15) is 5.10 Å². The first-order valence-electron chi connectivity index (χ1n) is 11.5. The number of esters is 1. The Kier molecular flexibility index (Phi) is 6.55. The highest BCUT2D eigenvalue weighted by Gasteiger charge is 2.34. The van der Waals surface area contributed by atoms with Crippen LogP contribution in [0, 0.1) is 11.6 Å². The van der Waals surface area contributed by atoms with Gasteiger partial charge in [0.05, 0.1) is 31.0 Å². The van der Waals surface area contributed by atoms with E-state index in [2.05, 4.69) is 20.7 Å². The molecule has 194 valence electrons.